The first-order valence-corrected chi connectivity index (χ1v) is 15.9. The van der Waals surface area contributed by atoms with E-state index in [2.05, 4.69) is 10.1 Å². The predicted octanol–water partition coefficient (Wildman–Crippen LogP) is 6.14. The summed E-state index contributed by atoms with van der Waals surface area (Å²) in [6.45, 7) is 2.91. The van der Waals surface area contributed by atoms with E-state index in [1.807, 2.05) is 0 Å². The van der Waals surface area contributed by atoms with Gasteiger partial charge in [0.05, 0.1) is 10.4 Å². The van der Waals surface area contributed by atoms with Crippen LogP contribution >= 0.6 is 11.3 Å². The third kappa shape index (κ3) is 8.08. The molecule has 1 aromatic carbocycles. The number of likely N-dealkylation sites (tertiary alicyclic amines) is 1. The number of hydrogen-bond donors (Lipinski definition) is 1. The first kappa shape index (κ1) is 36.2. The normalized spacial score (nSPS) is 16.4. The summed E-state index contributed by atoms with van der Waals surface area (Å²) in [5.74, 6) is -5.95. The number of nitrogens with one attached hydrogen (secondary N) is 1. The zero-order valence-corrected chi connectivity index (χ0v) is 26.3. The molecule has 1 atom stereocenters. The number of rotatable bonds is 11. The van der Waals surface area contributed by atoms with Crippen molar-refractivity contribution in [3.63, 3.8) is 0 Å². The van der Waals surface area contributed by atoms with Gasteiger partial charge in [-0.05, 0) is 26.8 Å². The first-order valence-electron chi connectivity index (χ1n) is 13.6. The van der Waals surface area contributed by atoms with Crippen LogP contribution in [0.3, 0.4) is 0 Å². The second-order valence-electron chi connectivity index (χ2n) is 11.2. The molecule has 3 heterocycles. The Morgan fingerprint density at radius 3 is 2.43 bits per heavy atom. The van der Waals surface area contributed by atoms with E-state index in [0.29, 0.717) is 30.4 Å². The Hall–Kier alpha value is -3.65. The predicted molar refractivity (Wildman–Crippen MR) is 149 cm³/mol. The van der Waals surface area contributed by atoms with Gasteiger partial charge in [0.1, 0.15) is 38.7 Å². The van der Waals surface area contributed by atoms with Crippen molar-refractivity contribution in [1.82, 2.24) is 19.8 Å². The van der Waals surface area contributed by atoms with Gasteiger partial charge in [0, 0.05) is 44.0 Å². The maximum atomic E-state index is 15.6. The molecule has 258 valence electrons. The van der Waals surface area contributed by atoms with Gasteiger partial charge >= 0.3 is 6.18 Å². The molecule has 1 aliphatic heterocycles. The summed E-state index contributed by atoms with van der Waals surface area (Å²) in [5, 5.41) is 3.71. The number of piperidine rings is 1. The number of hydrogen-bond acceptors (Lipinski definition) is 9. The van der Waals surface area contributed by atoms with Gasteiger partial charge in [-0.2, -0.15) is 17.9 Å². The van der Waals surface area contributed by atoms with Gasteiger partial charge in [0.25, 0.3) is 24.7 Å². The van der Waals surface area contributed by atoms with Gasteiger partial charge < -0.3 is 14.2 Å². The van der Waals surface area contributed by atoms with Crippen LogP contribution in [0, 0.1) is 5.82 Å². The minimum Gasteiger partial charge on any atom is -0.461 e. The summed E-state index contributed by atoms with van der Waals surface area (Å²) in [5.41, 5.74) is -3.94. The molecule has 0 bridgehead atoms. The molecule has 1 N–H and O–H groups in total. The molecule has 1 amide bonds. The van der Waals surface area contributed by atoms with Crippen LogP contribution in [0.2, 0.25) is 0 Å². The van der Waals surface area contributed by atoms with Crippen LogP contribution in [0.5, 0.6) is 0 Å². The number of alkyl halides is 7. The number of carbonyl (C=O) groups is 2. The molecule has 0 unspecified atom stereocenters. The molecule has 1 fully saturated rings. The molecular formula is C27H26F8N4O6S2. The zero-order chi connectivity index (χ0) is 35.1. The van der Waals surface area contributed by atoms with Crippen LogP contribution in [-0.4, -0.2) is 72.7 Å². The lowest BCUT2D eigenvalue weighted by Gasteiger charge is -2.31. The van der Waals surface area contributed by atoms with E-state index >= 15 is 4.39 Å². The standard InChI is InChI=1S/C27H26F8N4O6S2/c1-13(27(33,34)35)38-47(42,43)17-5-4-15(18(19(17)28)22(29)30)21-20(24(41)39-8-6-26(31,32)7-9-39)36-23(46-21)16-10-14(45-37-16)11-25(2,3)44-12-40/h4-5,10,12-13,22,38H,6-9,11H2,1-3H3/t13-/m0/s1. The Balaban J connectivity index is 1.84. The fraction of sp³-hybridized carbons (Fsp3) is 0.481. The Bertz CT molecular complexity index is 1750. The zero-order valence-electron chi connectivity index (χ0n) is 24.6. The van der Waals surface area contributed by atoms with E-state index in [-0.39, 0.29) is 29.4 Å². The molecule has 0 saturated carbocycles. The van der Waals surface area contributed by atoms with Crippen molar-refractivity contribution in [2.75, 3.05) is 13.1 Å². The lowest BCUT2D eigenvalue weighted by Crippen LogP contribution is -2.43. The summed E-state index contributed by atoms with van der Waals surface area (Å²) in [7, 11) is -5.33. The van der Waals surface area contributed by atoms with Crippen molar-refractivity contribution >= 4 is 33.7 Å². The number of ether oxygens (including phenoxy) is 1. The molecule has 4 rings (SSSR count). The van der Waals surface area contributed by atoms with Gasteiger partial charge in [-0.25, -0.2) is 35.4 Å². The maximum absolute atomic E-state index is 15.6. The van der Waals surface area contributed by atoms with Crippen LogP contribution < -0.4 is 4.72 Å². The molecule has 3 aromatic rings. The van der Waals surface area contributed by atoms with Crippen LogP contribution in [0.15, 0.2) is 27.6 Å². The molecule has 1 aliphatic rings. The highest BCUT2D eigenvalue weighted by Gasteiger charge is 2.41. The Labute approximate surface area is 266 Å². The van der Waals surface area contributed by atoms with E-state index in [9.17, 15) is 48.7 Å². The molecule has 1 saturated heterocycles. The van der Waals surface area contributed by atoms with Gasteiger partial charge in [0.2, 0.25) is 10.0 Å². The quantitative estimate of drug-likeness (QED) is 0.185. The average molecular weight is 719 g/mol. The highest BCUT2D eigenvalue weighted by molar-refractivity contribution is 7.89. The monoisotopic (exact) mass is 718 g/mol. The summed E-state index contributed by atoms with van der Waals surface area (Å²) in [4.78, 5) is 27.6. The number of nitrogens with zero attached hydrogens (tertiary/aromatic N) is 3. The average Bonchev–Trinajstić information content (AvgIpc) is 3.58. The maximum Gasteiger partial charge on any atom is 0.404 e. The van der Waals surface area contributed by atoms with E-state index in [1.165, 1.54) is 10.8 Å². The molecule has 10 nitrogen and oxygen atoms in total. The fourth-order valence-electron chi connectivity index (χ4n) is 4.59. The second kappa shape index (κ2) is 13.1. The van der Waals surface area contributed by atoms with Gasteiger partial charge in [-0.3, -0.25) is 9.59 Å². The molecule has 2 aromatic heterocycles. The summed E-state index contributed by atoms with van der Waals surface area (Å²) in [6, 6.07) is -0.217. The number of amides is 1. The van der Waals surface area contributed by atoms with E-state index in [0.717, 1.165) is 4.90 Å². The van der Waals surface area contributed by atoms with Crippen LogP contribution in [0.25, 0.3) is 21.1 Å². The number of aromatic nitrogens is 2. The topological polar surface area (TPSA) is 132 Å². The van der Waals surface area contributed by atoms with Crippen molar-refractivity contribution in [3.8, 4) is 21.1 Å². The molecule has 47 heavy (non-hydrogen) atoms. The van der Waals surface area contributed by atoms with E-state index < -0.39 is 104 Å². The molecular weight excluding hydrogens is 692 g/mol. The first-order chi connectivity index (χ1) is 21.7. The van der Waals surface area contributed by atoms with Crippen molar-refractivity contribution < 1.29 is 62.4 Å². The van der Waals surface area contributed by atoms with Gasteiger partial charge in [-0.15, -0.1) is 11.3 Å². The van der Waals surface area contributed by atoms with Gasteiger partial charge in [-0.1, -0.05) is 11.2 Å². The Morgan fingerprint density at radius 1 is 1.21 bits per heavy atom. The molecule has 0 aliphatic carbocycles. The molecule has 0 spiro atoms. The minimum absolute atomic E-state index is 0.0163. The summed E-state index contributed by atoms with van der Waals surface area (Å²) in [6.07, 6.45) is -10.2. The SMILES string of the molecule is C[C@H](NS(=O)(=O)c1ccc(-c2sc(-c3cc(CC(C)(C)OC=O)on3)nc2C(=O)N2CCC(F)(F)CC2)c(C(F)F)c1F)C(F)(F)F. The number of sulfonamides is 1. The molecule has 0 radical (unpaired) electrons. The molecule has 20 heteroatoms. The highest BCUT2D eigenvalue weighted by atomic mass is 32.2. The van der Waals surface area contributed by atoms with Crippen LogP contribution in [0.4, 0.5) is 35.1 Å². The lowest BCUT2D eigenvalue weighted by atomic mass is 10.0. The minimum atomic E-state index is -5.33. The Kier molecular flexibility index (Phi) is 10.1. The van der Waals surface area contributed by atoms with Crippen LogP contribution in [0.1, 0.15) is 61.9 Å². The van der Waals surface area contributed by atoms with Crippen molar-refractivity contribution in [1.29, 1.82) is 0 Å². The number of halogens is 8. The lowest BCUT2D eigenvalue weighted by molar-refractivity contribution is -0.147. The third-order valence-electron chi connectivity index (χ3n) is 7.08. The smallest absolute Gasteiger partial charge is 0.404 e. The third-order valence-corrected chi connectivity index (χ3v) is 9.75. The van der Waals surface area contributed by atoms with Crippen LogP contribution in [-0.2, 0) is 26.0 Å². The number of benzene rings is 1. The van der Waals surface area contributed by atoms with Crippen molar-refractivity contribution in [2.45, 2.75) is 75.1 Å². The second-order valence-corrected chi connectivity index (χ2v) is 13.9. The van der Waals surface area contributed by atoms with Gasteiger partial charge in [0.15, 0.2) is 5.82 Å². The van der Waals surface area contributed by atoms with Crippen molar-refractivity contribution in [3.05, 3.63) is 41.0 Å². The number of carbonyl (C=O) groups excluding carboxylic acids is 2. The Morgan fingerprint density at radius 2 is 1.85 bits per heavy atom. The summed E-state index contributed by atoms with van der Waals surface area (Å²) < 4.78 is 148. The fourth-order valence-corrected chi connectivity index (χ4v) is 6.96. The van der Waals surface area contributed by atoms with Crippen molar-refractivity contribution in [2.24, 2.45) is 0 Å². The van der Waals surface area contributed by atoms with E-state index in [4.69, 9.17) is 9.26 Å². The summed E-state index contributed by atoms with van der Waals surface area (Å²) >= 11 is 0.537. The highest BCUT2D eigenvalue weighted by Crippen LogP contribution is 2.43. The number of thiazole rings is 1. The largest absolute Gasteiger partial charge is 0.461 e. The van der Waals surface area contributed by atoms with E-state index in [1.54, 1.807) is 13.8 Å².